The first-order valence-corrected chi connectivity index (χ1v) is 4.22. The Labute approximate surface area is 75.6 Å². The van der Waals surface area contributed by atoms with Crippen LogP contribution in [0.5, 0.6) is 0 Å². The maximum absolute atomic E-state index is 3.02. The SMILES string of the molecule is CC#CC(/C=C(/C)CC)=C/NC. The third-order valence-electron chi connectivity index (χ3n) is 1.53. The van der Waals surface area contributed by atoms with E-state index in [0.717, 1.165) is 12.0 Å². The third kappa shape index (κ3) is 4.62. The molecule has 1 nitrogen and oxygen atoms in total. The Morgan fingerprint density at radius 3 is 2.58 bits per heavy atom. The molecule has 0 rings (SSSR count). The molecular formula is C11H17N. The number of hydrogen-bond donors (Lipinski definition) is 1. The van der Waals surface area contributed by atoms with Gasteiger partial charge in [0.15, 0.2) is 0 Å². The third-order valence-corrected chi connectivity index (χ3v) is 1.53. The largest absolute Gasteiger partial charge is 0.393 e. The van der Waals surface area contributed by atoms with Gasteiger partial charge < -0.3 is 5.32 Å². The van der Waals surface area contributed by atoms with Gasteiger partial charge in [0, 0.05) is 18.8 Å². The van der Waals surface area contributed by atoms with Crippen LogP contribution < -0.4 is 5.32 Å². The zero-order valence-electron chi connectivity index (χ0n) is 8.36. The van der Waals surface area contributed by atoms with Crippen LogP contribution in [0.4, 0.5) is 0 Å². The molecule has 0 aromatic heterocycles. The van der Waals surface area contributed by atoms with E-state index in [1.807, 2.05) is 20.2 Å². The van der Waals surface area contributed by atoms with Crippen molar-refractivity contribution in [2.24, 2.45) is 0 Å². The van der Waals surface area contributed by atoms with Crippen LogP contribution in [0.1, 0.15) is 27.2 Å². The number of hydrogen-bond acceptors (Lipinski definition) is 1. The van der Waals surface area contributed by atoms with Crippen molar-refractivity contribution in [3.63, 3.8) is 0 Å². The molecule has 0 atom stereocenters. The van der Waals surface area contributed by atoms with Gasteiger partial charge in [-0.2, -0.15) is 0 Å². The molecule has 0 aliphatic heterocycles. The molecule has 0 aromatic rings. The molecule has 0 spiro atoms. The molecule has 0 aromatic carbocycles. The van der Waals surface area contributed by atoms with E-state index in [0.29, 0.717) is 0 Å². The van der Waals surface area contributed by atoms with Gasteiger partial charge in [-0.15, -0.1) is 5.92 Å². The van der Waals surface area contributed by atoms with Gasteiger partial charge in [-0.05, 0) is 26.3 Å². The van der Waals surface area contributed by atoms with Gasteiger partial charge in [-0.25, -0.2) is 0 Å². The highest BCUT2D eigenvalue weighted by Gasteiger charge is 1.87. The predicted octanol–water partition coefficient (Wildman–Crippen LogP) is 2.47. The Morgan fingerprint density at radius 1 is 1.50 bits per heavy atom. The summed E-state index contributed by atoms with van der Waals surface area (Å²) in [4.78, 5) is 0. The lowest BCUT2D eigenvalue weighted by Gasteiger charge is -1.95. The maximum atomic E-state index is 3.02. The van der Waals surface area contributed by atoms with Crippen LogP contribution in [-0.2, 0) is 0 Å². The zero-order valence-corrected chi connectivity index (χ0v) is 8.36. The van der Waals surface area contributed by atoms with E-state index in [-0.39, 0.29) is 0 Å². The second-order valence-electron chi connectivity index (χ2n) is 2.61. The molecular weight excluding hydrogens is 146 g/mol. The van der Waals surface area contributed by atoms with Gasteiger partial charge in [-0.3, -0.25) is 0 Å². The van der Waals surface area contributed by atoms with E-state index in [9.17, 15) is 0 Å². The lowest BCUT2D eigenvalue weighted by Crippen LogP contribution is -1.94. The molecule has 0 bridgehead atoms. The summed E-state index contributed by atoms with van der Waals surface area (Å²) in [5, 5.41) is 2.97. The van der Waals surface area contributed by atoms with Crippen molar-refractivity contribution in [2.75, 3.05) is 7.05 Å². The number of rotatable bonds is 3. The Bertz CT molecular complexity index is 235. The predicted molar refractivity (Wildman–Crippen MR) is 54.6 cm³/mol. The van der Waals surface area contributed by atoms with Crippen LogP contribution in [0.15, 0.2) is 23.4 Å². The lowest BCUT2D eigenvalue weighted by atomic mass is 10.1. The van der Waals surface area contributed by atoms with Gasteiger partial charge >= 0.3 is 0 Å². The monoisotopic (exact) mass is 163 g/mol. The summed E-state index contributed by atoms with van der Waals surface area (Å²) in [5.41, 5.74) is 2.39. The van der Waals surface area contributed by atoms with Crippen molar-refractivity contribution in [2.45, 2.75) is 27.2 Å². The molecule has 0 saturated heterocycles. The van der Waals surface area contributed by atoms with Crippen LogP contribution in [0, 0.1) is 11.8 Å². The molecule has 1 heteroatoms. The first-order chi connectivity index (χ1) is 5.74. The van der Waals surface area contributed by atoms with Gasteiger partial charge in [0.25, 0.3) is 0 Å². The molecule has 0 saturated carbocycles. The minimum Gasteiger partial charge on any atom is -0.393 e. The fraction of sp³-hybridized carbons (Fsp3) is 0.455. The minimum atomic E-state index is 1.04. The Hall–Kier alpha value is -1.16. The van der Waals surface area contributed by atoms with E-state index in [2.05, 4.69) is 37.1 Å². The zero-order chi connectivity index (χ0) is 9.40. The normalized spacial score (nSPS) is 12.0. The van der Waals surface area contributed by atoms with E-state index >= 15 is 0 Å². The van der Waals surface area contributed by atoms with Crippen LogP contribution in [0.2, 0.25) is 0 Å². The van der Waals surface area contributed by atoms with Crippen molar-refractivity contribution in [1.29, 1.82) is 0 Å². The van der Waals surface area contributed by atoms with E-state index in [4.69, 9.17) is 0 Å². The smallest absolute Gasteiger partial charge is 0.0401 e. The van der Waals surface area contributed by atoms with Gasteiger partial charge in [0.1, 0.15) is 0 Å². The maximum Gasteiger partial charge on any atom is 0.0401 e. The first-order valence-electron chi connectivity index (χ1n) is 4.22. The summed E-state index contributed by atoms with van der Waals surface area (Å²) in [5.74, 6) is 5.90. The Kier molecular flexibility index (Phi) is 5.91. The molecule has 0 aliphatic carbocycles. The summed E-state index contributed by atoms with van der Waals surface area (Å²) in [6.45, 7) is 6.10. The lowest BCUT2D eigenvalue weighted by molar-refractivity contribution is 1.08. The van der Waals surface area contributed by atoms with Gasteiger partial charge in [0.05, 0.1) is 0 Å². The van der Waals surface area contributed by atoms with Crippen molar-refractivity contribution in [3.8, 4) is 11.8 Å². The Morgan fingerprint density at radius 2 is 2.17 bits per heavy atom. The summed E-state index contributed by atoms with van der Waals surface area (Å²) in [7, 11) is 1.88. The van der Waals surface area contributed by atoms with Crippen LogP contribution in [0.25, 0.3) is 0 Å². The van der Waals surface area contributed by atoms with Crippen LogP contribution >= 0.6 is 0 Å². The summed E-state index contributed by atoms with van der Waals surface area (Å²) in [6, 6.07) is 0. The summed E-state index contributed by atoms with van der Waals surface area (Å²) in [6.07, 6.45) is 5.09. The average molecular weight is 163 g/mol. The Balaban J connectivity index is 4.50. The highest BCUT2D eigenvalue weighted by Crippen LogP contribution is 2.03. The molecule has 66 valence electrons. The van der Waals surface area contributed by atoms with Crippen molar-refractivity contribution < 1.29 is 0 Å². The van der Waals surface area contributed by atoms with E-state index in [1.54, 1.807) is 0 Å². The standard InChI is InChI=1S/C11H17N/c1-5-7-11(9-12-4)8-10(3)6-2/h8-9,12H,6H2,1-4H3/b10-8-,11-9-. The molecule has 0 fully saturated rings. The fourth-order valence-electron chi connectivity index (χ4n) is 0.781. The average Bonchev–Trinajstić information content (AvgIpc) is 2.05. The van der Waals surface area contributed by atoms with E-state index in [1.165, 1.54) is 5.57 Å². The minimum absolute atomic E-state index is 1.04. The molecule has 0 unspecified atom stereocenters. The van der Waals surface area contributed by atoms with Gasteiger partial charge in [-0.1, -0.05) is 18.4 Å². The molecule has 12 heavy (non-hydrogen) atoms. The summed E-state index contributed by atoms with van der Waals surface area (Å²) < 4.78 is 0. The second-order valence-corrected chi connectivity index (χ2v) is 2.61. The van der Waals surface area contributed by atoms with Crippen LogP contribution in [0.3, 0.4) is 0 Å². The quantitative estimate of drug-likeness (QED) is 0.498. The molecule has 1 N–H and O–H groups in total. The van der Waals surface area contributed by atoms with E-state index < -0.39 is 0 Å². The van der Waals surface area contributed by atoms with Crippen molar-refractivity contribution in [3.05, 3.63) is 23.4 Å². The topological polar surface area (TPSA) is 12.0 Å². The molecule has 0 amide bonds. The highest BCUT2D eigenvalue weighted by molar-refractivity contribution is 5.38. The van der Waals surface area contributed by atoms with Crippen molar-refractivity contribution in [1.82, 2.24) is 5.32 Å². The summed E-state index contributed by atoms with van der Waals surface area (Å²) >= 11 is 0. The number of nitrogens with one attached hydrogen (secondary N) is 1. The molecule has 0 aliphatic rings. The van der Waals surface area contributed by atoms with Gasteiger partial charge in [0.2, 0.25) is 0 Å². The fourth-order valence-corrected chi connectivity index (χ4v) is 0.781. The number of allylic oxidation sites excluding steroid dienone is 3. The van der Waals surface area contributed by atoms with Crippen LogP contribution in [-0.4, -0.2) is 7.05 Å². The first kappa shape index (κ1) is 10.8. The van der Waals surface area contributed by atoms with Crippen molar-refractivity contribution >= 4 is 0 Å². The highest BCUT2D eigenvalue weighted by atomic mass is 14.8. The molecule has 0 radical (unpaired) electrons. The second kappa shape index (κ2) is 6.54. The molecule has 0 heterocycles.